The van der Waals surface area contributed by atoms with E-state index < -0.39 is 10.8 Å². The van der Waals surface area contributed by atoms with Crippen molar-refractivity contribution in [2.24, 2.45) is 0 Å². The Balaban J connectivity index is 2.14. The smallest absolute Gasteiger partial charge is 0.271 e. The number of non-ortho nitro benzene ring substituents is 1. The monoisotopic (exact) mass is 448 g/mol. The van der Waals surface area contributed by atoms with Gasteiger partial charge in [0.2, 0.25) is 0 Å². The molecule has 2 aromatic rings. The lowest BCUT2D eigenvalue weighted by Gasteiger charge is -2.08. The fraction of sp³-hybridized carbons (Fsp3) is 0.0588. The molecule has 0 unspecified atom stereocenters. The van der Waals surface area contributed by atoms with Crippen LogP contribution < -0.4 is 10.6 Å². The summed E-state index contributed by atoms with van der Waals surface area (Å²) in [5, 5.41) is 25.3. The molecular formula is C17H13IN4O3. The maximum absolute atomic E-state index is 12.2. The normalized spacial score (nSPS) is 10.7. The van der Waals surface area contributed by atoms with Crippen LogP contribution in [0.4, 0.5) is 17.1 Å². The highest BCUT2D eigenvalue weighted by Crippen LogP contribution is 2.19. The number of nitro benzene ring substituents is 1. The second-order valence-corrected chi connectivity index (χ2v) is 6.28. The molecule has 0 spiro atoms. The van der Waals surface area contributed by atoms with Gasteiger partial charge in [-0.05, 0) is 59.3 Å². The number of nitrogens with zero attached hydrogens (tertiary/aromatic N) is 2. The van der Waals surface area contributed by atoms with Crippen molar-refractivity contribution < 1.29 is 9.72 Å². The molecule has 0 aromatic heterocycles. The molecule has 0 saturated heterocycles. The van der Waals surface area contributed by atoms with Crippen LogP contribution in [0.2, 0.25) is 0 Å². The molecule has 0 aliphatic carbocycles. The molecule has 1 amide bonds. The van der Waals surface area contributed by atoms with Crippen molar-refractivity contribution in [3.8, 4) is 6.07 Å². The zero-order valence-electron chi connectivity index (χ0n) is 13.1. The fourth-order valence-electron chi connectivity index (χ4n) is 1.97. The Hall–Kier alpha value is -2.93. The number of carbonyl (C=O) groups excluding carboxylic acids is 1. The molecule has 25 heavy (non-hydrogen) atoms. The SMILES string of the molecule is Cc1cc(I)ccc1NC(=O)/C(C#N)=C\Nc1cccc([N+](=O)[O-])c1. The number of hydrogen-bond donors (Lipinski definition) is 2. The maximum atomic E-state index is 12.2. The molecule has 0 aliphatic rings. The summed E-state index contributed by atoms with van der Waals surface area (Å²) in [5.74, 6) is -0.565. The van der Waals surface area contributed by atoms with E-state index >= 15 is 0 Å². The topological polar surface area (TPSA) is 108 Å². The molecule has 0 heterocycles. The first-order valence-electron chi connectivity index (χ1n) is 7.09. The largest absolute Gasteiger partial charge is 0.360 e. The van der Waals surface area contributed by atoms with E-state index in [-0.39, 0.29) is 11.3 Å². The van der Waals surface area contributed by atoms with Crippen LogP contribution in [-0.2, 0) is 4.79 Å². The lowest BCUT2D eigenvalue weighted by molar-refractivity contribution is -0.384. The van der Waals surface area contributed by atoms with Gasteiger partial charge in [-0.3, -0.25) is 14.9 Å². The number of nitro groups is 1. The maximum Gasteiger partial charge on any atom is 0.271 e. The van der Waals surface area contributed by atoms with Gasteiger partial charge < -0.3 is 10.6 Å². The summed E-state index contributed by atoms with van der Waals surface area (Å²) in [4.78, 5) is 22.5. The number of anilines is 2. The van der Waals surface area contributed by atoms with Crippen molar-refractivity contribution in [3.63, 3.8) is 0 Å². The Labute approximate surface area is 157 Å². The number of nitrogens with one attached hydrogen (secondary N) is 2. The minimum atomic E-state index is -0.565. The molecule has 0 fully saturated rings. The van der Waals surface area contributed by atoms with Crippen LogP contribution in [0.15, 0.2) is 54.2 Å². The molecule has 126 valence electrons. The van der Waals surface area contributed by atoms with Crippen molar-refractivity contribution >= 4 is 45.6 Å². The number of nitriles is 1. The minimum absolute atomic E-state index is 0.0872. The van der Waals surface area contributed by atoms with Crippen molar-refractivity contribution in [1.29, 1.82) is 5.26 Å². The molecule has 0 saturated carbocycles. The number of amides is 1. The fourth-order valence-corrected chi connectivity index (χ4v) is 2.62. The van der Waals surface area contributed by atoms with Crippen molar-refractivity contribution in [2.75, 3.05) is 10.6 Å². The Morgan fingerprint density at radius 3 is 2.72 bits per heavy atom. The quantitative estimate of drug-likeness (QED) is 0.237. The predicted molar refractivity (Wildman–Crippen MR) is 103 cm³/mol. The zero-order chi connectivity index (χ0) is 18.4. The average molecular weight is 448 g/mol. The van der Waals surface area contributed by atoms with E-state index in [0.29, 0.717) is 11.4 Å². The van der Waals surface area contributed by atoms with Gasteiger partial charge in [-0.2, -0.15) is 5.26 Å². The number of rotatable bonds is 5. The van der Waals surface area contributed by atoms with Gasteiger partial charge in [0.15, 0.2) is 0 Å². The summed E-state index contributed by atoms with van der Waals surface area (Å²) in [5.41, 5.74) is 1.66. The number of halogens is 1. The van der Waals surface area contributed by atoms with Crippen LogP contribution in [0, 0.1) is 31.9 Å². The third kappa shape index (κ3) is 5.02. The summed E-state index contributed by atoms with van der Waals surface area (Å²) in [7, 11) is 0. The molecule has 0 bridgehead atoms. The van der Waals surface area contributed by atoms with Crippen LogP contribution in [0.1, 0.15) is 5.56 Å². The second kappa shape index (κ2) is 8.25. The molecule has 0 aliphatic heterocycles. The third-order valence-electron chi connectivity index (χ3n) is 3.24. The number of aryl methyl sites for hydroxylation is 1. The van der Waals surface area contributed by atoms with Gasteiger partial charge in [-0.25, -0.2) is 0 Å². The van der Waals surface area contributed by atoms with Crippen LogP contribution in [-0.4, -0.2) is 10.8 Å². The van der Waals surface area contributed by atoms with Crippen LogP contribution in [0.3, 0.4) is 0 Å². The lowest BCUT2D eigenvalue weighted by Crippen LogP contribution is -2.15. The summed E-state index contributed by atoms with van der Waals surface area (Å²) in [6.45, 7) is 1.86. The van der Waals surface area contributed by atoms with Gasteiger partial charge in [-0.15, -0.1) is 0 Å². The molecular weight excluding hydrogens is 435 g/mol. The summed E-state index contributed by atoms with van der Waals surface area (Å²) < 4.78 is 1.04. The van der Waals surface area contributed by atoms with Gasteiger partial charge in [0, 0.05) is 33.3 Å². The Kier molecular flexibility index (Phi) is 6.08. The molecule has 2 aromatic carbocycles. The van der Waals surface area contributed by atoms with E-state index in [2.05, 4.69) is 33.2 Å². The first-order valence-corrected chi connectivity index (χ1v) is 8.17. The van der Waals surface area contributed by atoms with E-state index in [9.17, 15) is 20.2 Å². The summed E-state index contributed by atoms with van der Waals surface area (Å²) in [6.07, 6.45) is 1.22. The Bertz CT molecular complexity index is 903. The van der Waals surface area contributed by atoms with E-state index in [1.54, 1.807) is 12.1 Å². The second-order valence-electron chi connectivity index (χ2n) is 5.03. The standard InChI is InChI=1S/C17H13IN4O3/c1-11-7-13(18)5-6-16(11)21-17(23)12(9-19)10-20-14-3-2-4-15(8-14)22(24)25/h2-8,10,20H,1H3,(H,21,23)/b12-10-. The van der Waals surface area contributed by atoms with Crippen molar-refractivity contribution in [1.82, 2.24) is 0 Å². The van der Waals surface area contributed by atoms with Gasteiger partial charge in [0.05, 0.1) is 4.92 Å². The van der Waals surface area contributed by atoms with Gasteiger partial charge in [0.1, 0.15) is 11.6 Å². The van der Waals surface area contributed by atoms with Crippen molar-refractivity contribution in [3.05, 3.63) is 73.5 Å². The molecule has 0 atom stereocenters. The lowest BCUT2D eigenvalue weighted by atomic mass is 10.2. The molecule has 8 heteroatoms. The van der Waals surface area contributed by atoms with E-state index in [0.717, 1.165) is 9.13 Å². The number of benzene rings is 2. The van der Waals surface area contributed by atoms with Gasteiger partial charge >= 0.3 is 0 Å². The summed E-state index contributed by atoms with van der Waals surface area (Å²) in [6, 6.07) is 13.1. The van der Waals surface area contributed by atoms with E-state index in [1.165, 1.54) is 24.4 Å². The minimum Gasteiger partial charge on any atom is -0.360 e. The van der Waals surface area contributed by atoms with Gasteiger partial charge in [-0.1, -0.05) is 6.07 Å². The molecule has 0 radical (unpaired) electrons. The Morgan fingerprint density at radius 1 is 1.32 bits per heavy atom. The Morgan fingerprint density at radius 2 is 2.08 bits per heavy atom. The highest BCUT2D eigenvalue weighted by molar-refractivity contribution is 14.1. The predicted octanol–water partition coefficient (Wildman–Crippen LogP) is 3.97. The van der Waals surface area contributed by atoms with Crippen LogP contribution in [0.25, 0.3) is 0 Å². The van der Waals surface area contributed by atoms with Crippen LogP contribution >= 0.6 is 22.6 Å². The first kappa shape index (κ1) is 18.4. The van der Waals surface area contributed by atoms with E-state index in [4.69, 9.17) is 0 Å². The molecule has 7 nitrogen and oxygen atoms in total. The third-order valence-corrected chi connectivity index (χ3v) is 3.91. The highest BCUT2D eigenvalue weighted by atomic mass is 127. The number of hydrogen-bond acceptors (Lipinski definition) is 5. The highest BCUT2D eigenvalue weighted by Gasteiger charge is 2.11. The zero-order valence-corrected chi connectivity index (χ0v) is 15.3. The average Bonchev–Trinajstić information content (AvgIpc) is 2.58. The first-order chi connectivity index (χ1) is 11.9. The molecule has 2 rings (SSSR count). The summed E-state index contributed by atoms with van der Waals surface area (Å²) >= 11 is 2.17. The van der Waals surface area contributed by atoms with E-state index in [1.807, 2.05) is 25.1 Å². The van der Waals surface area contributed by atoms with Crippen LogP contribution in [0.5, 0.6) is 0 Å². The van der Waals surface area contributed by atoms with Gasteiger partial charge in [0.25, 0.3) is 11.6 Å². The molecule has 2 N–H and O–H groups in total. The number of carbonyl (C=O) groups is 1. The van der Waals surface area contributed by atoms with Crippen molar-refractivity contribution in [2.45, 2.75) is 6.92 Å².